The normalized spacial score (nSPS) is 10.6. The van der Waals surface area contributed by atoms with E-state index in [-0.39, 0.29) is 6.04 Å². The summed E-state index contributed by atoms with van der Waals surface area (Å²) in [5.74, 6) is 1.40. The van der Waals surface area contributed by atoms with Crippen molar-refractivity contribution >= 4 is 23.0 Å². The second kappa shape index (κ2) is 10.7. The summed E-state index contributed by atoms with van der Waals surface area (Å²) in [7, 11) is 3.26. The molecule has 0 atom stereocenters. The Bertz CT molecular complexity index is 1160. The second-order valence-corrected chi connectivity index (χ2v) is 7.84. The molecule has 7 heteroatoms. The molecule has 0 spiro atoms. The van der Waals surface area contributed by atoms with Gasteiger partial charge in [-0.2, -0.15) is 5.10 Å². The van der Waals surface area contributed by atoms with Crippen LogP contribution in [0.3, 0.4) is 0 Å². The van der Waals surface area contributed by atoms with E-state index in [1.54, 1.807) is 20.4 Å². The number of thiocarbonyl (C=S) groups is 1. The van der Waals surface area contributed by atoms with Gasteiger partial charge >= 0.3 is 0 Å². The Balaban J connectivity index is 1.46. The van der Waals surface area contributed by atoms with E-state index in [4.69, 9.17) is 21.7 Å². The summed E-state index contributed by atoms with van der Waals surface area (Å²) in [6.45, 7) is 0.541. The van der Waals surface area contributed by atoms with Gasteiger partial charge in [-0.1, -0.05) is 72.8 Å². The van der Waals surface area contributed by atoms with E-state index in [1.165, 1.54) is 0 Å². The first kappa shape index (κ1) is 22.4. The molecular formula is C26H26N4O2S. The zero-order valence-electron chi connectivity index (χ0n) is 18.6. The number of nitrogens with one attached hydrogen (secondary N) is 2. The molecular weight excluding hydrogens is 432 g/mol. The fourth-order valence-corrected chi connectivity index (χ4v) is 3.95. The van der Waals surface area contributed by atoms with Crippen molar-refractivity contribution in [3.63, 3.8) is 0 Å². The Morgan fingerprint density at radius 3 is 2.18 bits per heavy atom. The van der Waals surface area contributed by atoms with Crippen LogP contribution in [-0.4, -0.2) is 29.1 Å². The van der Waals surface area contributed by atoms with Crippen LogP contribution in [0, 0.1) is 0 Å². The highest BCUT2D eigenvalue weighted by Crippen LogP contribution is 2.31. The van der Waals surface area contributed by atoms with E-state index in [0.717, 1.165) is 22.4 Å². The number of aromatic nitrogens is 2. The molecule has 3 aromatic carbocycles. The highest BCUT2D eigenvalue weighted by Gasteiger charge is 2.15. The number of methoxy groups -OCH3 is 2. The maximum absolute atomic E-state index is 5.63. The van der Waals surface area contributed by atoms with Gasteiger partial charge in [0.1, 0.15) is 0 Å². The lowest BCUT2D eigenvalue weighted by Crippen LogP contribution is -2.32. The lowest BCUT2D eigenvalue weighted by Gasteiger charge is -2.21. The number of para-hydroxylation sites is 1. The van der Waals surface area contributed by atoms with E-state index in [0.29, 0.717) is 23.2 Å². The Labute approximate surface area is 199 Å². The molecule has 1 heterocycles. The highest BCUT2D eigenvalue weighted by atomic mass is 32.1. The Morgan fingerprint density at radius 1 is 0.909 bits per heavy atom. The topological polar surface area (TPSA) is 60.3 Å². The Morgan fingerprint density at radius 2 is 1.58 bits per heavy atom. The zero-order valence-corrected chi connectivity index (χ0v) is 19.4. The van der Waals surface area contributed by atoms with Gasteiger partial charge in [-0.05, 0) is 29.4 Å². The molecule has 168 valence electrons. The van der Waals surface area contributed by atoms with Crippen LogP contribution in [0.2, 0.25) is 0 Å². The molecule has 0 radical (unpaired) electrons. The lowest BCUT2D eigenvalue weighted by atomic mass is 9.99. The minimum Gasteiger partial charge on any atom is -0.493 e. The van der Waals surface area contributed by atoms with E-state index < -0.39 is 0 Å². The molecule has 0 aliphatic rings. The van der Waals surface area contributed by atoms with Crippen LogP contribution in [-0.2, 0) is 6.54 Å². The molecule has 4 aromatic rings. The molecule has 0 aliphatic carbocycles. The molecule has 0 aliphatic heterocycles. The van der Waals surface area contributed by atoms with Gasteiger partial charge in [0.2, 0.25) is 0 Å². The molecule has 0 bridgehead atoms. The fraction of sp³-hybridized carbons (Fsp3) is 0.154. The molecule has 0 saturated heterocycles. The lowest BCUT2D eigenvalue weighted by molar-refractivity contribution is 0.350. The quantitative estimate of drug-likeness (QED) is 0.362. The van der Waals surface area contributed by atoms with Crippen LogP contribution in [0.25, 0.3) is 0 Å². The van der Waals surface area contributed by atoms with E-state index >= 15 is 0 Å². The fourth-order valence-electron chi connectivity index (χ4n) is 3.72. The largest absolute Gasteiger partial charge is 0.493 e. The average Bonchev–Trinajstić information content (AvgIpc) is 3.29. The van der Waals surface area contributed by atoms with Gasteiger partial charge in [0.15, 0.2) is 16.6 Å². The molecule has 1 aromatic heterocycles. The van der Waals surface area contributed by atoms with Gasteiger partial charge in [-0.3, -0.25) is 4.68 Å². The van der Waals surface area contributed by atoms with Crippen molar-refractivity contribution in [1.29, 1.82) is 0 Å². The summed E-state index contributed by atoms with van der Waals surface area (Å²) in [6, 6.07) is 26.2. The van der Waals surface area contributed by atoms with Crippen molar-refractivity contribution in [1.82, 2.24) is 15.1 Å². The van der Waals surface area contributed by atoms with Crippen LogP contribution < -0.4 is 20.1 Å². The molecule has 0 unspecified atom stereocenters. The minimum absolute atomic E-state index is 0.0662. The number of benzene rings is 3. The first-order valence-corrected chi connectivity index (χ1v) is 11.0. The summed E-state index contributed by atoms with van der Waals surface area (Å²) in [5.41, 5.74) is 4.04. The van der Waals surface area contributed by atoms with E-state index in [9.17, 15) is 0 Å². The molecule has 6 nitrogen and oxygen atoms in total. The van der Waals surface area contributed by atoms with E-state index in [2.05, 4.69) is 40.0 Å². The first-order chi connectivity index (χ1) is 16.2. The van der Waals surface area contributed by atoms with Gasteiger partial charge in [0.25, 0.3) is 0 Å². The van der Waals surface area contributed by atoms with Crippen LogP contribution in [0.5, 0.6) is 11.5 Å². The third-order valence-electron chi connectivity index (χ3n) is 5.25. The van der Waals surface area contributed by atoms with Crippen LogP contribution in [0.15, 0.2) is 91.3 Å². The van der Waals surface area contributed by atoms with Gasteiger partial charge in [0.05, 0.1) is 38.7 Å². The number of ether oxygens (including phenoxy) is 2. The van der Waals surface area contributed by atoms with Gasteiger partial charge < -0.3 is 20.1 Å². The average molecular weight is 459 g/mol. The van der Waals surface area contributed by atoms with Crippen LogP contribution in [0.4, 0.5) is 5.69 Å². The summed E-state index contributed by atoms with van der Waals surface area (Å²) in [5, 5.41) is 11.7. The summed E-state index contributed by atoms with van der Waals surface area (Å²) in [6.07, 6.45) is 3.66. The minimum atomic E-state index is -0.0662. The summed E-state index contributed by atoms with van der Waals surface area (Å²) >= 11 is 5.63. The van der Waals surface area contributed by atoms with Gasteiger partial charge in [0, 0.05) is 11.8 Å². The van der Waals surface area contributed by atoms with Crippen LogP contribution >= 0.6 is 12.2 Å². The standard InChI is InChI=1S/C26H26N4O2S/c1-31-23-15-9-14-21(25(23)32-2)17-30-18-22(16-27-30)28-26(33)29-24(19-10-5-3-6-11-19)20-12-7-4-8-13-20/h3-16,18,24H,17H2,1-2H3,(H2,28,29,33). The molecule has 4 rings (SSSR count). The predicted octanol–water partition coefficient (Wildman–Crippen LogP) is 5.02. The predicted molar refractivity (Wildman–Crippen MR) is 135 cm³/mol. The maximum atomic E-state index is 5.63. The molecule has 2 N–H and O–H groups in total. The second-order valence-electron chi connectivity index (χ2n) is 7.43. The number of anilines is 1. The first-order valence-electron chi connectivity index (χ1n) is 10.6. The number of rotatable bonds is 8. The van der Waals surface area contributed by atoms with Gasteiger partial charge in [-0.15, -0.1) is 0 Å². The zero-order chi connectivity index (χ0) is 23.0. The maximum Gasteiger partial charge on any atom is 0.171 e. The molecule has 0 saturated carbocycles. The van der Waals surface area contributed by atoms with Crippen molar-refractivity contribution in [2.24, 2.45) is 0 Å². The summed E-state index contributed by atoms with van der Waals surface area (Å²) in [4.78, 5) is 0. The summed E-state index contributed by atoms with van der Waals surface area (Å²) < 4.78 is 12.7. The highest BCUT2D eigenvalue weighted by molar-refractivity contribution is 7.80. The monoisotopic (exact) mass is 458 g/mol. The SMILES string of the molecule is COc1cccc(Cn2cc(NC(=S)NC(c3ccccc3)c3ccccc3)cn2)c1OC. The van der Waals surface area contributed by atoms with Crippen LogP contribution in [0.1, 0.15) is 22.7 Å². The van der Waals surface area contributed by atoms with E-state index in [1.807, 2.05) is 65.5 Å². The van der Waals surface area contributed by atoms with Gasteiger partial charge in [-0.25, -0.2) is 0 Å². The number of hydrogen-bond donors (Lipinski definition) is 2. The Hall–Kier alpha value is -3.84. The van der Waals surface area contributed by atoms with Crippen molar-refractivity contribution in [3.05, 3.63) is 108 Å². The molecule has 0 amide bonds. The number of nitrogens with zero attached hydrogens (tertiary/aromatic N) is 2. The molecule has 0 fully saturated rings. The van der Waals surface area contributed by atoms with Crippen molar-refractivity contribution in [2.45, 2.75) is 12.6 Å². The van der Waals surface area contributed by atoms with Crippen molar-refractivity contribution in [2.75, 3.05) is 19.5 Å². The third kappa shape index (κ3) is 5.51. The van der Waals surface area contributed by atoms with Crippen molar-refractivity contribution < 1.29 is 9.47 Å². The third-order valence-corrected chi connectivity index (χ3v) is 5.47. The smallest absolute Gasteiger partial charge is 0.171 e. The Kier molecular flexibility index (Phi) is 7.22. The molecule has 33 heavy (non-hydrogen) atoms. The number of hydrogen-bond acceptors (Lipinski definition) is 4. The van der Waals surface area contributed by atoms with Crippen molar-refractivity contribution in [3.8, 4) is 11.5 Å².